The average molecular weight is 368 g/mol. The van der Waals surface area contributed by atoms with Crippen LogP contribution in [0.1, 0.15) is 29.3 Å². The molecule has 0 aliphatic carbocycles. The highest BCUT2D eigenvalue weighted by molar-refractivity contribution is 5.95. The van der Waals surface area contributed by atoms with Crippen molar-refractivity contribution in [3.8, 4) is 17.6 Å². The molecule has 0 aromatic heterocycles. The summed E-state index contributed by atoms with van der Waals surface area (Å²) in [5, 5.41) is 11.4. The van der Waals surface area contributed by atoms with Crippen molar-refractivity contribution in [1.29, 1.82) is 5.26 Å². The molecule has 2 rings (SSSR count). The van der Waals surface area contributed by atoms with E-state index in [2.05, 4.69) is 5.32 Å². The van der Waals surface area contributed by atoms with Gasteiger partial charge in [-0.15, -0.1) is 0 Å². The molecule has 2 aromatic carbocycles. The van der Waals surface area contributed by atoms with Gasteiger partial charge < -0.3 is 19.5 Å². The van der Waals surface area contributed by atoms with Gasteiger partial charge >= 0.3 is 5.97 Å². The first kappa shape index (κ1) is 19.8. The third-order valence-corrected chi connectivity index (χ3v) is 3.47. The molecular weight excluding hydrogens is 348 g/mol. The number of nitrogens with zero attached hydrogens (tertiary/aromatic N) is 1. The van der Waals surface area contributed by atoms with Crippen molar-refractivity contribution in [2.75, 3.05) is 25.6 Å². The first-order valence-electron chi connectivity index (χ1n) is 8.35. The van der Waals surface area contributed by atoms with Gasteiger partial charge in [0.25, 0.3) is 5.91 Å². The van der Waals surface area contributed by atoms with Crippen molar-refractivity contribution in [2.24, 2.45) is 0 Å². The summed E-state index contributed by atoms with van der Waals surface area (Å²) in [6.45, 7) is 2.07. The number of rotatable bonds is 8. The molecule has 0 atom stereocenters. The topological polar surface area (TPSA) is 97.6 Å². The Kier molecular flexibility index (Phi) is 7.20. The maximum atomic E-state index is 12.2. The smallest absolute Gasteiger partial charge is 0.338 e. The lowest BCUT2D eigenvalue weighted by Crippen LogP contribution is -2.21. The van der Waals surface area contributed by atoms with Crippen molar-refractivity contribution >= 4 is 17.6 Å². The normalized spacial score (nSPS) is 9.81. The molecule has 7 heteroatoms. The minimum atomic E-state index is -0.656. The zero-order valence-electron chi connectivity index (χ0n) is 15.2. The molecule has 0 radical (unpaired) electrons. The van der Waals surface area contributed by atoms with E-state index in [-0.39, 0.29) is 5.56 Å². The van der Waals surface area contributed by atoms with Crippen LogP contribution >= 0.6 is 0 Å². The summed E-state index contributed by atoms with van der Waals surface area (Å²) in [6.07, 6.45) is 0.847. The van der Waals surface area contributed by atoms with Crippen LogP contribution in [-0.2, 0) is 9.53 Å². The fourth-order valence-electron chi connectivity index (χ4n) is 2.20. The molecule has 0 bridgehead atoms. The largest absolute Gasteiger partial charge is 0.493 e. The van der Waals surface area contributed by atoms with Gasteiger partial charge in [0, 0.05) is 5.69 Å². The fraction of sp³-hybridized carbons (Fsp3) is 0.250. The first-order chi connectivity index (χ1) is 13.1. The monoisotopic (exact) mass is 368 g/mol. The average Bonchev–Trinajstić information content (AvgIpc) is 2.70. The lowest BCUT2D eigenvalue weighted by molar-refractivity contribution is -0.119. The number of nitrogens with one attached hydrogen (secondary N) is 1. The summed E-state index contributed by atoms with van der Waals surface area (Å²) < 4.78 is 15.8. The van der Waals surface area contributed by atoms with Crippen LogP contribution in [-0.4, -0.2) is 32.2 Å². The van der Waals surface area contributed by atoms with Crippen molar-refractivity contribution in [2.45, 2.75) is 13.3 Å². The lowest BCUT2D eigenvalue weighted by Gasteiger charge is -2.11. The Hall–Kier alpha value is -3.53. The molecule has 0 unspecified atom stereocenters. The molecule has 0 saturated heterocycles. The Balaban J connectivity index is 1.94. The van der Waals surface area contributed by atoms with Crippen molar-refractivity contribution in [3.05, 3.63) is 53.6 Å². The molecule has 27 heavy (non-hydrogen) atoms. The fourth-order valence-corrected chi connectivity index (χ4v) is 2.20. The second-order valence-corrected chi connectivity index (χ2v) is 5.53. The first-order valence-corrected chi connectivity index (χ1v) is 8.35. The van der Waals surface area contributed by atoms with Crippen LogP contribution in [0.5, 0.6) is 11.5 Å². The van der Waals surface area contributed by atoms with Crippen molar-refractivity contribution < 1.29 is 23.8 Å². The highest BCUT2D eigenvalue weighted by Gasteiger charge is 2.14. The molecule has 7 nitrogen and oxygen atoms in total. The number of hydrogen-bond acceptors (Lipinski definition) is 6. The van der Waals surface area contributed by atoms with Crippen LogP contribution in [0.25, 0.3) is 0 Å². The van der Waals surface area contributed by atoms with E-state index in [4.69, 9.17) is 19.5 Å². The molecule has 0 saturated carbocycles. The lowest BCUT2D eigenvalue weighted by atomic mass is 10.2. The van der Waals surface area contributed by atoms with Gasteiger partial charge in [0.15, 0.2) is 18.1 Å². The number of anilines is 1. The molecule has 0 aliphatic heterocycles. The van der Waals surface area contributed by atoms with Gasteiger partial charge in [-0.25, -0.2) is 4.79 Å². The highest BCUT2D eigenvalue weighted by Crippen LogP contribution is 2.28. The molecule has 0 fully saturated rings. The minimum Gasteiger partial charge on any atom is -0.493 e. The number of nitriles is 1. The summed E-state index contributed by atoms with van der Waals surface area (Å²) in [7, 11) is 1.48. The SMILES string of the molecule is CCCOc1ccc(C(=O)OCC(=O)Nc2cccc(C#N)c2)cc1OC. The summed E-state index contributed by atoms with van der Waals surface area (Å²) >= 11 is 0. The van der Waals surface area contributed by atoms with Gasteiger partial charge in [0.05, 0.1) is 30.9 Å². The summed E-state index contributed by atoms with van der Waals surface area (Å²) in [5.74, 6) is -0.216. The summed E-state index contributed by atoms with van der Waals surface area (Å²) in [5.41, 5.74) is 1.12. The van der Waals surface area contributed by atoms with E-state index in [9.17, 15) is 9.59 Å². The highest BCUT2D eigenvalue weighted by atomic mass is 16.5. The second kappa shape index (κ2) is 9.82. The van der Waals surface area contributed by atoms with Gasteiger partial charge in [0.1, 0.15) is 0 Å². The van der Waals surface area contributed by atoms with E-state index in [1.165, 1.54) is 19.2 Å². The van der Waals surface area contributed by atoms with Gasteiger partial charge in [-0.3, -0.25) is 4.79 Å². The third-order valence-electron chi connectivity index (χ3n) is 3.47. The van der Waals surface area contributed by atoms with Gasteiger partial charge in [-0.2, -0.15) is 5.26 Å². The van der Waals surface area contributed by atoms with E-state index in [0.717, 1.165) is 6.42 Å². The minimum absolute atomic E-state index is 0.245. The standard InChI is InChI=1S/C20H20N2O5/c1-3-9-26-17-8-7-15(11-18(17)25-2)20(24)27-13-19(23)22-16-6-4-5-14(10-16)12-21/h4-8,10-11H,3,9,13H2,1-2H3,(H,22,23). The van der Waals surface area contributed by atoms with Crippen molar-refractivity contribution in [1.82, 2.24) is 0 Å². The number of hydrogen-bond donors (Lipinski definition) is 1. The summed E-state index contributed by atoms with van der Waals surface area (Å²) in [4.78, 5) is 24.1. The van der Waals surface area contributed by atoms with E-state index in [1.54, 1.807) is 30.3 Å². The van der Waals surface area contributed by atoms with E-state index >= 15 is 0 Å². The van der Waals surface area contributed by atoms with Crippen LogP contribution < -0.4 is 14.8 Å². The molecule has 2 aromatic rings. The Morgan fingerprint density at radius 3 is 2.67 bits per heavy atom. The Labute approximate surface area is 157 Å². The molecule has 0 aliphatic rings. The Morgan fingerprint density at radius 1 is 1.15 bits per heavy atom. The van der Waals surface area contributed by atoms with E-state index in [1.807, 2.05) is 13.0 Å². The zero-order chi connectivity index (χ0) is 19.6. The third kappa shape index (κ3) is 5.75. The number of esters is 1. The molecule has 1 N–H and O–H groups in total. The number of ether oxygens (including phenoxy) is 3. The predicted octanol–water partition coefficient (Wildman–Crippen LogP) is 3.15. The predicted molar refractivity (Wildman–Crippen MR) is 98.8 cm³/mol. The zero-order valence-corrected chi connectivity index (χ0v) is 15.2. The van der Waals surface area contributed by atoms with Crippen molar-refractivity contribution in [3.63, 3.8) is 0 Å². The Morgan fingerprint density at radius 2 is 1.96 bits per heavy atom. The molecule has 140 valence electrons. The molecule has 0 heterocycles. The number of carbonyl (C=O) groups is 2. The molecule has 1 amide bonds. The maximum Gasteiger partial charge on any atom is 0.338 e. The van der Waals surface area contributed by atoms with Crippen LogP contribution in [0.2, 0.25) is 0 Å². The van der Waals surface area contributed by atoms with Gasteiger partial charge in [-0.05, 0) is 42.8 Å². The number of methoxy groups -OCH3 is 1. The van der Waals surface area contributed by atoms with Crippen LogP contribution in [0.4, 0.5) is 5.69 Å². The maximum absolute atomic E-state index is 12.2. The van der Waals surface area contributed by atoms with E-state index in [0.29, 0.717) is 29.4 Å². The van der Waals surface area contributed by atoms with E-state index < -0.39 is 18.5 Å². The van der Waals surface area contributed by atoms with Crippen LogP contribution in [0.15, 0.2) is 42.5 Å². The van der Waals surface area contributed by atoms with Crippen LogP contribution in [0, 0.1) is 11.3 Å². The van der Waals surface area contributed by atoms with Gasteiger partial charge in [0.2, 0.25) is 0 Å². The Bertz CT molecular complexity index is 858. The van der Waals surface area contributed by atoms with Crippen LogP contribution in [0.3, 0.4) is 0 Å². The number of benzene rings is 2. The number of carbonyl (C=O) groups excluding carboxylic acids is 2. The van der Waals surface area contributed by atoms with Gasteiger partial charge in [-0.1, -0.05) is 13.0 Å². The second-order valence-electron chi connectivity index (χ2n) is 5.53. The summed E-state index contributed by atoms with van der Waals surface area (Å²) in [6, 6.07) is 13.1. The molecular formula is C20H20N2O5. The quantitative estimate of drug-likeness (QED) is 0.719. The number of amides is 1. The molecule has 0 spiro atoms.